The van der Waals surface area contributed by atoms with Gasteiger partial charge in [0.1, 0.15) is 0 Å². The monoisotopic (exact) mass is 522 g/mol. The predicted octanol–water partition coefficient (Wildman–Crippen LogP) is 5.63. The molecule has 0 aliphatic carbocycles. The van der Waals surface area contributed by atoms with E-state index >= 15 is 0 Å². The van der Waals surface area contributed by atoms with Gasteiger partial charge in [0, 0.05) is 5.54 Å². The van der Waals surface area contributed by atoms with Crippen molar-refractivity contribution in [2.75, 3.05) is 0 Å². The van der Waals surface area contributed by atoms with Crippen LogP contribution in [-0.4, -0.2) is 9.13 Å². The second kappa shape index (κ2) is 8.73. The zero-order valence-electron chi connectivity index (χ0n) is 23.9. The molecule has 0 bridgehead atoms. The van der Waals surface area contributed by atoms with Gasteiger partial charge in [-0.25, -0.2) is 4.57 Å². The van der Waals surface area contributed by atoms with Crippen LogP contribution in [0.25, 0.3) is 38.4 Å². The third-order valence-corrected chi connectivity index (χ3v) is 8.21. The summed E-state index contributed by atoms with van der Waals surface area (Å²) in [5.41, 5.74) is 3.46. The Hall–Kier alpha value is -4.06. The fourth-order valence-corrected chi connectivity index (χ4v) is 5.50. The fourth-order valence-electron chi connectivity index (χ4n) is 5.50. The SMILES string of the molecule is CCC(C)(C)c1ccc(-c2ccc(-n3c(=O)c4cc5c(=O)n(C(C)(C)C)c(=O)c5cc4c3=O)cc2C)c(C)c1. The van der Waals surface area contributed by atoms with Gasteiger partial charge in [0.2, 0.25) is 0 Å². The van der Waals surface area contributed by atoms with E-state index in [0.717, 1.165) is 27.7 Å². The molecule has 5 aromatic rings. The van der Waals surface area contributed by atoms with Crippen molar-refractivity contribution in [3.05, 3.63) is 107 Å². The first-order valence-electron chi connectivity index (χ1n) is 13.3. The molecule has 0 unspecified atom stereocenters. The second-order valence-electron chi connectivity index (χ2n) is 12.3. The van der Waals surface area contributed by atoms with Crippen molar-refractivity contribution in [3.8, 4) is 16.8 Å². The van der Waals surface area contributed by atoms with Crippen LogP contribution < -0.4 is 22.2 Å². The highest BCUT2D eigenvalue weighted by molar-refractivity contribution is 5.98. The number of hydrogen-bond donors (Lipinski definition) is 0. The minimum atomic E-state index is -0.720. The number of benzene rings is 3. The van der Waals surface area contributed by atoms with Crippen molar-refractivity contribution in [1.82, 2.24) is 9.13 Å². The summed E-state index contributed by atoms with van der Waals surface area (Å²) in [5, 5.41) is 0.603. The quantitative estimate of drug-likeness (QED) is 0.307. The van der Waals surface area contributed by atoms with E-state index in [1.165, 1.54) is 27.8 Å². The van der Waals surface area contributed by atoms with Crippen LogP contribution in [0.2, 0.25) is 0 Å². The maximum Gasteiger partial charge on any atom is 0.266 e. The van der Waals surface area contributed by atoms with E-state index in [1.807, 2.05) is 19.1 Å². The molecular formula is C33H34N2O4. The van der Waals surface area contributed by atoms with Gasteiger partial charge in [-0.1, -0.05) is 45.0 Å². The van der Waals surface area contributed by atoms with Gasteiger partial charge in [0.05, 0.1) is 27.2 Å². The topological polar surface area (TPSA) is 78.1 Å². The Bertz CT molecular complexity index is 1930. The molecule has 200 valence electrons. The Kier molecular flexibility index (Phi) is 5.94. The van der Waals surface area contributed by atoms with Gasteiger partial charge in [-0.05, 0) is 98.5 Å². The molecule has 0 aliphatic heterocycles. The zero-order valence-corrected chi connectivity index (χ0v) is 23.9. The van der Waals surface area contributed by atoms with Crippen LogP contribution in [0, 0.1) is 13.8 Å². The lowest BCUT2D eigenvalue weighted by molar-refractivity contribution is 0.380. The predicted molar refractivity (Wildman–Crippen MR) is 159 cm³/mol. The first kappa shape index (κ1) is 26.5. The summed E-state index contributed by atoms with van der Waals surface area (Å²) < 4.78 is 2.31. The summed E-state index contributed by atoms with van der Waals surface area (Å²) in [6.45, 7) is 16.1. The number of rotatable bonds is 4. The van der Waals surface area contributed by atoms with Crippen LogP contribution in [0.15, 0.2) is 67.7 Å². The molecule has 0 atom stereocenters. The van der Waals surface area contributed by atoms with E-state index in [0.29, 0.717) is 5.69 Å². The minimum Gasteiger partial charge on any atom is -0.269 e. The Labute approximate surface area is 226 Å². The lowest BCUT2D eigenvalue weighted by atomic mass is 9.80. The molecule has 0 N–H and O–H groups in total. The molecule has 0 fully saturated rings. The highest BCUT2D eigenvalue weighted by atomic mass is 16.2. The molecule has 0 amide bonds. The molecule has 2 aromatic heterocycles. The van der Waals surface area contributed by atoms with Crippen LogP contribution in [0.5, 0.6) is 0 Å². The Morgan fingerprint density at radius 3 is 1.51 bits per heavy atom. The molecule has 0 saturated heterocycles. The molecule has 39 heavy (non-hydrogen) atoms. The molecule has 2 heterocycles. The molecule has 6 heteroatoms. The van der Waals surface area contributed by atoms with Gasteiger partial charge >= 0.3 is 0 Å². The molecule has 0 aliphatic rings. The number of aromatic nitrogens is 2. The van der Waals surface area contributed by atoms with Crippen LogP contribution in [-0.2, 0) is 11.0 Å². The molecule has 5 rings (SSSR count). The van der Waals surface area contributed by atoms with E-state index < -0.39 is 27.8 Å². The van der Waals surface area contributed by atoms with E-state index in [1.54, 1.807) is 26.8 Å². The van der Waals surface area contributed by atoms with Gasteiger partial charge in [-0.3, -0.25) is 23.7 Å². The van der Waals surface area contributed by atoms with E-state index in [-0.39, 0.29) is 27.0 Å². The average molecular weight is 523 g/mol. The summed E-state index contributed by atoms with van der Waals surface area (Å²) in [7, 11) is 0. The Morgan fingerprint density at radius 1 is 0.615 bits per heavy atom. The summed E-state index contributed by atoms with van der Waals surface area (Å²) in [6, 6.07) is 14.9. The summed E-state index contributed by atoms with van der Waals surface area (Å²) in [5.74, 6) is 0. The Morgan fingerprint density at radius 2 is 1.08 bits per heavy atom. The van der Waals surface area contributed by atoms with Gasteiger partial charge < -0.3 is 0 Å². The smallest absolute Gasteiger partial charge is 0.266 e. The lowest BCUT2D eigenvalue weighted by Gasteiger charge is -2.24. The lowest BCUT2D eigenvalue weighted by Crippen LogP contribution is -2.38. The normalized spacial score (nSPS) is 12.6. The van der Waals surface area contributed by atoms with Gasteiger partial charge in [0.25, 0.3) is 22.2 Å². The molecular weight excluding hydrogens is 488 g/mol. The van der Waals surface area contributed by atoms with E-state index in [9.17, 15) is 19.2 Å². The van der Waals surface area contributed by atoms with Crippen molar-refractivity contribution < 1.29 is 0 Å². The largest absolute Gasteiger partial charge is 0.269 e. The van der Waals surface area contributed by atoms with Gasteiger partial charge in [-0.15, -0.1) is 0 Å². The van der Waals surface area contributed by atoms with Gasteiger partial charge in [0.15, 0.2) is 0 Å². The second-order valence-corrected chi connectivity index (χ2v) is 12.3. The van der Waals surface area contributed by atoms with Crippen molar-refractivity contribution in [2.45, 2.75) is 72.8 Å². The number of hydrogen-bond acceptors (Lipinski definition) is 4. The first-order chi connectivity index (χ1) is 18.2. The molecule has 3 aromatic carbocycles. The minimum absolute atomic E-state index is 0.0914. The summed E-state index contributed by atoms with van der Waals surface area (Å²) in [4.78, 5) is 53.0. The van der Waals surface area contributed by atoms with Crippen molar-refractivity contribution >= 4 is 21.5 Å². The van der Waals surface area contributed by atoms with Crippen molar-refractivity contribution in [3.63, 3.8) is 0 Å². The van der Waals surface area contributed by atoms with Gasteiger partial charge in [-0.2, -0.15) is 0 Å². The highest BCUT2D eigenvalue weighted by Gasteiger charge is 2.25. The van der Waals surface area contributed by atoms with Crippen LogP contribution in [0.1, 0.15) is 64.7 Å². The number of fused-ring (bicyclic) bond motifs is 2. The van der Waals surface area contributed by atoms with Crippen molar-refractivity contribution in [1.29, 1.82) is 0 Å². The zero-order chi connectivity index (χ0) is 28.6. The van der Waals surface area contributed by atoms with Crippen molar-refractivity contribution in [2.24, 2.45) is 0 Å². The van der Waals surface area contributed by atoms with E-state index in [2.05, 4.69) is 45.9 Å². The first-order valence-corrected chi connectivity index (χ1v) is 13.3. The maximum absolute atomic E-state index is 13.4. The molecule has 0 spiro atoms. The summed E-state index contributed by atoms with van der Waals surface area (Å²) >= 11 is 0. The Balaban J connectivity index is 1.65. The van der Waals surface area contributed by atoms with Crippen LogP contribution in [0.4, 0.5) is 0 Å². The summed E-state index contributed by atoms with van der Waals surface area (Å²) in [6.07, 6.45) is 1.04. The molecule has 0 radical (unpaired) electrons. The molecule has 0 saturated carbocycles. The van der Waals surface area contributed by atoms with Crippen LogP contribution >= 0.6 is 0 Å². The average Bonchev–Trinajstić information content (AvgIpc) is 3.26. The fraction of sp³-hybridized carbons (Fsp3) is 0.333. The van der Waals surface area contributed by atoms with Crippen LogP contribution in [0.3, 0.4) is 0 Å². The number of nitrogens with zero attached hydrogens (tertiary/aromatic N) is 2. The molecule has 6 nitrogen and oxygen atoms in total. The standard InChI is InChI=1S/C33H34N2O4/c1-9-33(7,8)20-10-12-22(18(2)14-20)23-13-11-21(15-19(23)3)34-28(36)24-16-26-27(17-25(24)29(34)37)31(39)35(30(26)38)32(4,5)6/h10-17H,9H2,1-8H3. The number of aryl methyl sites for hydroxylation is 2. The third kappa shape index (κ3) is 4.01. The third-order valence-electron chi connectivity index (χ3n) is 8.21. The maximum atomic E-state index is 13.4. The highest BCUT2D eigenvalue weighted by Crippen LogP contribution is 2.33. The van der Waals surface area contributed by atoms with E-state index in [4.69, 9.17) is 0 Å².